The van der Waals surface area contributed by atoms with Gasteiger partial charge in [-0.15, -0.1) is 0 Å². The Labute approximate surface area is 111 Å². The summed E-state index contributed by atoms with van der Waals surface area (Å²) in [5, 5.41) is 15.6. The first-order valence-electron chi connectivity index (χ1n) is 5.75. The minimum Gasteiger partial charge on any atom is -0.392 e. The zero-order valence-electron chi connectivity index (χ0n) is 10.3. The molecule has 0 amide bonds. The first-order chi connectivity index (χ1) is 8.48. The van der Waals surface area contributed by atoms with Crippen molar-refractivity contribution in [2.24, 2.45) is 0 Å². The summed E-state index contributed by atoms with van der Waals surface area (Å²) in [5.41, 5.74) is 0.313. The maximum absolute atomic E-state index is 12.5. The average molecular weight is 291 g/mol. The minimum atomic E-state index is -3.60. The van der Waals surface area contributed by atoms with Crippen LogP contribution in [0.25, 0.3) is 0 Å². The molecule has 18 heavy (non-hydrogen) atoms. The number of H-pyrrole nitrogens is 1. The molecule has 1 saturated heterocycles. The third-order valence-corrected chi connectivity index (χ3v) is 6.58. The van der Waals surface area contributed by atoms with Gasteiger partial charge in [-0.25, -0.2) is 8.42 Å². The fourth-order valence-electron chi connectivity index (χ4n) is 2.00. The van der Waals surface area contributed by atoms with E-state index in [1.54, 1.807) is 11.8 Å². The number of aromatic nitrogens is 2. The Morgan fingerprint density at radius 2 is 2.33 bits per heavy atom. The number of nitrogens with one attached hydrogen (secondary N) is 1. The molecule has 1 aromatic heterocycles. The molecule has 2 unspecified atom stereocenters. The van der Waals surface area contributed by atoms with Gasteiger partial charge in [-0.1, -0.05) is 6.92 Å². The molecule has 2 atom stereocenters. The monoisotopic (exact) mass is 291 g/mol. The van der Waals surface area contributed by atoms with Crippen LogP contribution in [0.2, 0.25) is 0 Å². The van der Waals surface area contributed by atoms with Crippen molar-refractivity contribution in [1.82, 2.24) is 14.5 Å². The van der Waals surface area contributed by atoms with Gasteiger partial charge in [0.15, 0.2) is 5.03 Å². The van der Waals surface area contributed by atoms with Crippen LogP contribution in [-0.2, 0) is 16.6 Å². The lowest BCUT2D eigenvalue weighted by atomic mass is 10.2. The van der Waals surface area contributed by atoms with E-state index in [2.05, 4.69) is 10.2 Å². The van der Waals surface area contributed by atoms with E-state index in [0.717, 1.165) is 5.75 Å². The predicted molar refractivity (Wildman–Crippen MR) is 69.8 cm³/mol. The van der Waals surface area contributed by atoms with Gasteiger partial charge in [0.1, 0.15) is 0 Å². The third-order valence-electron chi connectivity index (χ3n) is 3.24. The molecule has 1 aliphatic heterocycles. The normalized spacial score (nSPS) is 26.4. The van der Waals surface area contributed by atoms with Crippen molar-refractivity contribution >= 4 is 21.8 Å². The van der Waals surface area contributed by atoms with Crippen LogP contribution in [0.15, 0.2) is 11.2 Å². The van der Waals surface area contributed by atoms with Gasteiger partial charge in [-0.3, -0.25) is 5.10 Å². The maximum Gasteiger partial charge on any atom is 0.260 e. The summed E-state index contributed by atoms with van der Waals surface area (Å²) in [5.74, 6) is 0.785. The zero-order valence-corrected chi connectivity index (χ0v) is 12.0. The Hall–Kier alpha value is -0.570. The number of aliphatic hydroxyl groups is 1. The lowest BCUT2D eigenvalue weighted by Gasteiger charge is -2.36. The number of sulfonamides is 1. The maximum atomic E-state index is 12.5. The Bertz CT molecular complexity index is 514. The molecule has 0 aromatic carbocycles. The van der Waals surface area contributed by atoms with Crippen LogP contribution < -0.4 is 0 Å². The van der Waals surface area contributed by atoms with E-state index in [-0.39, 0.29) is 22.9 Å². The highest BCUT2D eigenvalue weighted by atomic mass is 32.2. The SMILES string of the molecule is CC1SCCN(S(=O)(=O)c2[nH]ncc2CO)C1C. The van der Waals surface area contributed by atoms with Gasteiger partial charge in [0, 0.05) is 29.2 Å². The van der Waals surface area contributed by atoms with Gasteiger partial charge in [0.25, 0.3) is 10.0 Å². The van der Waals surface area contributed by atoms with Crippen LogP contribution in [-0.4, -0.2) is 51.6 Å². The van der Waals surface area contributed by atoms with E-state index < -0.39 is 10.0 Å². The van der Waals surface area contributed by atoms with Crippen LogP contribution >= 0.6 is 11.8 Å². The van der Waals surface area contributed by atoms with Crippen LogP contribution in [0.5, 0.6) is 0 Å². The van der Waals surface area contributed by atoms with Gasteiger partial charge in [0.2, 0.25) is 0 Å². The van der Waals surface area contributed by atoms with Crippen LogP contribution in [0.3, 0.4) is 0 Å². The summed E-state index contributed by atoms with van der Waals surface area (Å²) in [6, 6.07) is -0.0661. The number of aliphatic hydroxyl groups excluding tert-OH is 1. The molecule has 0 saturated carbocycles. The Morgan fingerprint density at radius 1 is 1.61 bits per heavy atom. The van der Waals surface area contributed by atoms with E-state index in [9.17, 15) is 8.42 Å². The second-order valence-corrected chi connectivity index (χ2v) is 7.63. The quantitative estimate of drug-likeness (QED) is 0.843. The van der Waals surface area contributed by atoms with E-state index in [1.165, 1.54) is 10.5 Å². The van der Waals surface area contributed by atoms with Gasteiger partial charge in [0.05, 0.1) is 12.8 Å². The molecule has 0 aliphatic carbocycles. The number of thioether (sulfide) groups is 1. The average Bonchev–Trinajstić information content (AvgIpc) is 2.81. The van der Waals surface area contributed by atoms with Crippen molar-refractivity contribution in [3.05, 3.63) is 11.8 Å². The topological polar surface area (TPSA) is 86.3 Å². The highest BCUT2D eigenvalue weighted by Crippen LogP contribution is 2.29. The van der Waals surface area contributed by atoms with Crippen LogP contribution in [0.4, 0.5) is 0 Å². The molecule has 0 spiro atoms. The summed E-state index contributed by atoms with van der Waals surface area (Å²) in [6.45, 7) is 4.08. The molecule has 0 radical (unpaired) electrons. The second kappa shape index (κ2) is 5.20. The number of rotatable bonds is 3. The van der Waals surface area contributed by atoms with Gasteiger partial charge < -0.3 is 5.11 Å². The third kappa shape index (κ3) is 2.29. The predicted octanol–water partition coefficient (Wildman–Crippen LogP) is 0.416. The van der Waals surface area contributed by atoms with Crippen molar-refractivity contribution in [3.63, 3.8) is 0 Å². The van der Waals surface area contributed by atoms with Crippen molar-refractivity contribution in [2.45, 2.75) is 36.8 Å². The standard InChI is InChI=1S/C10H17N3O3S2/c1-7-8(2)17-4-3-13(7)18(15,16)10-9(6-14)5-11-12-10/h5,7-8,14H,3-4,6H2,1-2H3,(H,11,12). The molecule has 1 aliphatic rings. The molecule has 2 heterocycles. The van der Waals surface area contributed by atoms with Crippen LogP contribution in [0, 0.1) is 0 Å². The fraction of sp³-hybridized carbons (Fsp3) is 0.700. The molecule has 8 heteroatoms. The van der Waals surface area contributed by atoms with Crippen molar-refractivity contribution in [3.8, 4) is 0 Å². The van der Waals surface area contributed by atoms with Crippen molar-refractivity contribution in [2.75, 3.05) is 12.3 Å². The molecule has 1 aromatic rings. The van der Waals surface area contributed by atoms with Crippen molar-refractivity contribution in [1.29, 1.82) is 0 Å². The molecular formula is C10H17N3O3S2. The highest BCUT2D eigenvalue weighted by Gasteiger charge is 2.36. The fourth-order valence-corrected chi connectivity index (χ4v) is 5.09. The summed E-state index contributed by atoms with van der Waals surface area (Å²) < 4.78 is 26.5. The zero-order chi connectivity index (χ0) is 13.3. The number of hydrogen-bond donors (Lipinski definition) is 2. The Morgan fingerprint density at radius 3 is 3.00 bits per heavy atom. The molecule has 102 valence electrons. The summed E-state index contributed by atoms with van der Waals surface area (Å²) in [7, 11) is -3.60. The smallest absolute Gasteiger partial charge is 0.260 e. The van der Waals surface area contributed by atoms with E-state index in [4.69, 9.17) is 5.11 Å². The molecule has 6 nitrogen and oxygen atoms in total. The molecule has 0 bridgehead atoms. The first kappa shape index (κ1) is 13.9. The number of hydrogen-bond acceptors (Lipinski definition) is 5. The van der Waals surface area contributed by atoms with E-state index in [1.807, 2.05) is 13.8 Å². The van der Waals surface area contributed by atoms with Crippen LogP contribution in [0.1, 0.15) is 19.4 Å². The van der Waals surface area contributed by atoms with Gasteiger partial charge in [-0.2, -0.15) is 21.2 Å². The summed E-state index contributed by atoms with van der Waals surface area (Å²) in [4.78, 5) is 0. The number of nitrogens with zero attached hydrogens (tertiary/aromatic N) is 2. The Balaban J connectivity index is 2.36. The largest absolute Gasteiger partial charge is 0.392 e. The lowest BCUT2D eigenvalue weighted by Crippen LogP contribution is -2.48. The molecule has 2 N–H and O–H groups in total. The molecule has 2 rings (SSSR count). The second-order valence-electron chi connectivity index (χ2n) is 4.31. The molecule has 1 fully saturated rings. The van der Waals surface area contributed by atoms with Gasteiger partial charge in [-0.05, 0) is 6.92 Å². The summed E-state index contributed by atoms with van der Waals surface area (Å²) in [6.07, 6.45) is 1.35. The summed E-state index contributed by atoms with van der Waals surface area (Å²) >= 11 is 1.77. The Kier molecular flexibility index (Phi) is 4.00. The van der Waals surface area contributed by atoms with E-state index >= 15 is 0 Å². The van der Waals surface area contributed by atoms with Gasteiger partial charge >= 0.3 is 0 Å². The first-order valence-corrected chi connectivity index (χ1v) is 8.24. The van der Waals surface area contributed by atoms with Crippen molar-refractivity contribution < 1.29 is 13.5 Å². The molecular weight excluding hydrogens is 274 g/mol. The lowest BCUT2D eigenvalue weighted by molar-refractivity contribution is 0.277. The van der Waals surface area contributed by atoms with E-state index in [0.29, 0.717) is 12.1 Å². The minimum absolute atomic E-state index is 0.0101. The number of aromatic amines is 1. The highest BCUT2D eigenvalue weighted by molar-refractivity contribution is 8.00.